The van der Waals surface area contributed by atoms with E-state index in [4.69, 9.17) is 11.6 Å². The lowest BCUT2D eigenvalue weighted by Crippen LogP contribution is -2.37. The maximum absolute atomic E-state index is 11.2. The van der Waals surface area contributed by atoms with Gasteiger partial charge in [0.2, 0.25) is 5.28 Å². The summed E-state index contributed by atoms with van der Waals surface area (Å²) in [6.45, 7) is 1.50. The van der Waals surface area contributed by atoms with Crippen LogP contribution in [0, 0.1) is 0 Å². The van der Waals surface area contributed by atoms with Crippen molar-refractivity contribution in [1.82, 2.24) is 15.3 Å². The molecule has 0 spiro atoms. The number of methoxy groups -OCH3 is 1. The smallest absolute Gasteiger partial charge is 0.407 e. The number of alkyl carbamates (subject to hydrolysis) is 1. The van der Waals surface area contributed by atoms with Gasteiger partial charge in [0.1, 0.15) is 10.6 Å². The quantitative estimate of drug-likeness (QED) is 0.862. The zero-order valence-electron chi connectivity index (χ0n) is 10.8. The van der Waals surface area contributed by atoms with Crippen LogP contribution in [0.4, 0.5) is 10.6 Å². The summed E-state index contributed by atoms with van der Waals surface area (Å²) < 4.78 is 4.62. The molecule has 0 bridgehead atoms. The molecule has 1 aliphatic rings. The van der Waals surface area contributed by atoms with E-state index in [1.807, 2.05) is 11.4 Å². The summed E-state index contributed by atoms with van der Waals surface area (Å²) in [7, 11) is 1.36. The Kier molecular flexibility index (Phi) is 3.62. The van der Waals surface area contributed by atoms with Crippen molar-refractivity contribution < 1.29 is 9.53 Å². The van der Waals surface area contributed by atoms with Crippen molar-refractivity contribution in [3.05, 3.63) is 16.7 Å². The van der Waals surface area contributed by atoms with E-state index in [0.717, 1.165) is 29.0 Å². The monoisotopic (exact) mass is 312 g/mol. The molecule has 1 fully saturated rings. The Morgan fingerprint density at radius 2 is 2.45 bits per heavy atom. The van der Waals surface area contributed by atoms with Crippen molar-refractivity contribution in [1.29, 1.82) is 0 Å². The molecular weight excluding hydrogens is 300 g/mol. The summed E-state index contributed by atoms with van der Waals surface area (Å²) in [5.41, 5.74) is 0. The van der Waals surface area contributed by atoms with Crippen molar-refractivity contribution in [2.45, 2.75) is 12.5 Å². The molecule has 1 amide bonds. The summed E-state index contributed by atoms with van der Waals surface area (Å²) in [5, 5.41) is 6.03. The van der Waals surface area contributed by atoms with Gasteiger partial charge in [-0.15, -0.1) is 11.3 Å². The van der Waals surface area contributed by atoms with E-state index in [1.165, 1.54) is 18.4 Å². The normalized spacial score (nSPS) is 18.5. The van der Waals surface area contributed by atoms with Gasteiger partial charge in [-0.25, -0.2) is 9.78 Å². The van der Waals surface area contributed by atoms with Gasteiger partial charge in [-0.2, -0.15) is 4.98 Å². The molecule has 106 valence electrons. The molecule has 1 aliphatic heterocycles. The third-order valence-electron chi connectivity index (χ3n) is 3.27. The number of carbonyl (C=O) groups excluding carboxylic acids is 1. The first kappa shape index (κ1) is 13.4. The maximum atomic E-state index is 11.2. The molecule has 3 rings (SSSR count). The van der Waals surface area contributed by atoms with Crippen LogP contribution in [0.25, 0.3) is 10.2 Å². The maximum Gasteiger partial charge on any atom is 0.407 e. The van der Waals surface area contributed by atoms with E-state index in [-0.39, 0.29) is 11.3 Å². The predicted molar refractivity (Wildman–Crippen MR) is 78.6 cm³/mol. The lowest BCUT2D eigenvalue weighted by Gasteiger charge is -2.18. The van der Waals surface area contributed by atoms with Gasteiger partial charge in [-0.1, -0.05) is 0 Å². The molecule has 8 heteroatoms. The Hall–Kier alpha value is -1.60. The molecule has 1 atom stereocenters. The predicted octanol–water partition coefficient (Wildman–Crippen LogP) is 2.28. The summed E-state index contributed by atoms with van der Waals surface area (Å²) in [5.74, 6) is 0.829. The molecule has 6 nitrogen and oxygen atoms in total. The summed E-state index contributed by atoms with van der Waals surface area (Å²) in [6, 6.07) is 2.05. The average Bonchev–Trinajstić information content (AvgIpc) is 3.06. The van der Waals surface area contributed by atoms with Gasteiger partial charge < -0.3 is 15.0 Å². The number of fused-ring (bicyclic) bond motifs is 1. The highest BCUT2D eigenvalue weighted by molar-refractivity contribution is 7.16. The van der Waals surface area contributed by atoms with Crippen LogP contribution in [0.15, 0.2) is 11.4 Å². The molecule has 0 radical (unpaired) electrons. The Morgan fingerprint density at radius 1 is 1.60 bits per heavy atom. The molecule has 1 N–H and O–H groups in total. The number of anilines is 1. The first-order valence-corrected chi connectivity index (χ1v) is 7.43. The second kappa shape index (κ2) is 5.41. The van der Waals surface area contributed by atoms with Crippen LogP contribution in [0.3, 0.4) is 0 Å². The highest BCUT2D eigenvalue weighted by Gasteiger charge is 2.26. The van der Waals surface area contributed by atoms with Gasteiger partial charge in [0.25, 0.3) is 0 Å². The number of amides is 1. The number of hydrogen-bond acceptors (Lipinski definition) is 6. The van der Waals surface area contributed by atoms with Crippen molar-refractivity contribution in [3.8, 4) is 0 Å². The van der Waals surface area contributed by atoms with E-state index >= 15 is 0 Å². The number of aromatic nitrogens is 2. The molecule has 1 saturated heterocycles. The summed E-state index contributed by atoms with van der Waals surface area (Å²) in [6.07, 6.45) is 0.445. The molecule has 0 saturated carbocycles. The van der Waals surface area contributed by atoms with Gasteiger partial charge in [-0.05, 0) is 29.5 Å². The SMILES string of the molecule is COC(=O)NC1CCN(c2nc(Cl)nc3sccc23)C1. The van der Waals surface area contributed by atoms with Gasteiger partial charge in [-0.3, -0.25) is 0 Å². The van der Waals surface area contributed by atoms with Gasteiger partial charge >= 0.3 is 6.09 Å². The number of rotatable bonds is 2. The lowest BCUT2D eigenvalue weighted by atomic mass is 10.3. The Bertz CT molecular complexity index is 647. The fourth-order valence-electron chi connectivity index (χ4n) is 2.35. The lowest BCUT2D eigenvalue weighted by molar-refractivity contribution is 0.167. The van der Waals surface area contributed by atoms with Crippen LogP contribution in [0.5, 0.6) is 0 Å². The van der Waals surface area contributed by atoms with Crippen molar-refractivity contribution >= 4 is 45.1 Å². The van der Waals surface area contributed by atoms with Gasteiger partial charge in [0.05, 0.1) is 18.5 Å². The molecule has 20 heavy (non-hydrogen) atoms. The minimum absolute atomic E-state index is 0.0601. The number of thiophene rings is 1. The van der Waals surface area contributed by atoms with Crippen LogP contribution in [0.1, 0.15) is 6.42 Å². The minimum atomic E-state index is -0.404. The molecule has 3 heterocycles. The van der Waals surface area contributed by atoms with Gasteiger partial charge in [0.15, 0.2) is 0 Å². The van der Waals surface area contributed by atoms with Crippen molar-refractivity contribution in [2.75, 3.05) is 25.1 Å². The number of hydrogen-bond donors (Lipinski definition) is 1. The van der Waals surface area contributed by atoms with Crippen molar-refractivity contribution in [2.24, 2.45) is 0 Å². The standard InChI is InChI=1S/C12H13ClN4O2S/c1-19-12(18)14-7-2-4-17(6-7)9-8-3-5-20-10(8)16-11(13)15-9/h3,5,7H,2,4,6H2,1H3,(H,14,18). The Morgan fingerprint density at radius 3 is 3.25 bits per heavy atom. The third kappa shape index (κ3) is 2.51. The van der Waals surface area contributed by atoms with E-state index in [2.05, 4.69) is 24.9 Å². The average molecular weight is 313 g/mol. The molecule has 1 unspecified atom stereocenters. The second-order valence-electron chi connectivity index (χ2n) is 4.52. The highest BCUT2D eigenvalue weighted by Crippen LogP contribution is 2.30. The molecule has 0 aliphatic carbocycles. The highest BCUT2D eigenvalue weighted by atomic mass is 35.5. The fourth-order valence-corrected chi connectivity index (χ4v) is 3.32. The number of nitrogens with zero attached hydrogens (tertiary/aromatic N) is 3. The van der Waals surface area contributed by atoms with Gasteiger partial charge in [0, 0.05) is 13.1 Å². The third-order valence-corrected chi connectivity index (χ3v) is 4.25. The van der Waals surface area contributed by atoms with Crippen LogP contribution in [-0.4, -0.2) is 42.3 Å². The molecular formula is C12H13ClN4O2S. The minimum Gasteiger partial charge on any atom is -0.453 e. The number of nitrogens with one attached hydrogen (secondary N) is 1. The summed E-state index contributed by atoms with van der Waals surface area (Å²) >= 11 is 7.51. The Balaban J connectivity index is 1.82. The fraction of sp³-hybridized carbons (Fsp3) is 0.417. The number of halogens is 1. The zero-order valence-corrected chi connectivity index (χ0v) is 12.4. The van der Waals surface area contributed by atoms with Crippen molar-refractivity contribution in [3.63, 3.8) is 0 Å². The Labute approximate surface area is 124 Å². The zero-order chi connectivity index (χ0) is 14.1. The van der Waals surface area contributed by atoms with Crippen LogP contribution in [-0.2, 0) is 4.74 Å². The van der Waals surface area contributed by atoms with Crippen LogP contribution < -0.4 is 10.2 Å². The molecule has 0 aromatic carbocycles. The van der Waals surface area contributed by atoms with E-state index in [9.17, 15) is 4.79 Å². The summed E-state index contributed by atoms with van der Waals surface area (Å²) in [4.78, 5) is 22.8. The van der Waals surface area contributed by atoms with E-state index < -0.39 is 6.09 Å². The number of carbonyl (C=O) groups is 1. The number of ether oxygens (including phenoxy) is 1. The molecule has 2 aromatic heterocycles. The van der Waals surface area contributed by atoms with E-state index in [0.29, 0.717) is 6.54 Å². The van der Waals surface area contributed by atoms with Crippen LogP contribution in [0.2, 0.25) is 5.28 Å². The first-order chi connectivity index (χ1) is 9.67. The topological polar surface area (TPSA) is 67.3 Å². The first-order valence-electron chi connectivity index (χ1n) is 6.17. The second-order valence-corrected chi connectivity index (χ2v) is 5.76. The van der Waals surface area contributed by atoms with Crippen LogP contribution >= 0.6 is 22.9 Å². The largest absolute Gasteiger partial charge is 0.453 e. The van der Waals surface area contributed by atoms with E-state index in [1.54, 1.807) is 0 Å². The molecule has 2 aromatic rings.